The molecule has 0 aliphatic rings. The molecule has 27 heavy (non-hydrogen) atoms. The fourth-order valence-electron chi connectivity index (χ4n) is 2.57. The monoisotopic (exact) mass is 379 g/mol. The van der Waals surface area contributed by atoms with Gasteiger partial charge in [0.15, 0.2) is 0 Å². The lowest BCUT2D eigenvalue weighted by Gasteiger charge is -2.22. The van der Waals surface area contributed by atoms with Crippen LogP contribution in [0.2, 0.25) is 0 Å². The molecule has 1 aromatic carbocycles. The minimum Gasteiger partial charge on any atom is -0.348 e. The number of alkyl halides is 3. The van der Waals surface area contributed by atoms with Crippen molar-refractivity contribution >= 4 is 5.91 Å². The molecule has 2 aromatic rings. The van der Waals surface area contributed by atoms with E-state index in [1.165, 1.54) is 13.0 Å². The van der Waals surface area contributed by atoms with Gasteiger partial charge in [-0.2, -0.15) is 13.2 Å². The Balaban J connectivity index is 2.10. The van der Waals surface area contributed by atoms with Gasteiger partial charge in [-0.3, -0.25) is 9.69 Å². The van der Waals surface area contributed by atoms with Gasteiger partial charge in [-0.25, -0.2) is 4.98 Å². The molecular weight excluding hydrogens is 355 g/mol. The number of aromatic nitrogens is 1. The molecule has 0 spiro atoms. The van der Waals surface area contributed by atoms with Crippen LogP contribution in [-0.4, -0.2) is 28.9 Å². The summed E-state index contributed by atoms with van der Waals surface area (Å²) in [6.45, 7) is 6.64. The van der Waals surface area contributed by atoms with Crippen molar-refractivity contribution in [1.82, 2.24) is 15.2 Å². The molecule has 4 nitrogen and oxygen atoms in total. The average molecular weight is 379 g/mol. The highest BCUT2D eigenvalue weighted by molar-refractivity contribution is 5.95. The molecule has 1 aromatic heterocycles. The third-order valence-electron chi connectivity index (χ3n) is 4.48. The van der Waals surface area contributed by atoms with Gasteiger partial charge in [-0.15, -0.1) is 0 Å². The fraction of sp³-hybridized carbons (Fsp3) is 0.400. The number of carbonyl (C=O) groups is 1. The molecule has 2 rings (SSSR count). The molecule has 0 radical (unpaired) electrons. The van der Waals surface area contributed by atoms with Gasteiger partial charge in [0.25, 0.3) is 5.91 Å². The van der Waals surface area contributed by atoms with E-state index in [1.54, 1.807) is 0 Å². The Kier molecular flexibility index (Phi) is 6.59. The van der Waals surface area contributed by atoms with E-state index < -0.39 is 17.8 Å². The van der Waals surface area contributed by atoms with E-state index in [-0.39, 0.29) is 11.3 Å². The number of hydrogen-bond acceptors (Lipinski definition) is 3. The maximum absolute atomic E-state index is 12.7. The quantitative estimate of drug-likeness (QED) is 0.819. The highest BCUT2D eigenvalue weighted by atomic mass is 19.4. The van der Waals surface area contributed by atoms with Crippen LogP contribution in [0.3, 0.4) is 0 Å². The molecular formula is C20H24F3N3O. The van der Waals surface area contributed by atoms with E-state index in [0.717, 1.165) is 23.7 Å². The zero-order valence-electron chi connectivity index (χ0n) is 15.9. The Morgan fingerprint density at radius 3 is 2.33 bits per heavy atom. The molecule has 7 heteroatoms. The van der Waals surface area contributed by atoms with Crippen LogP contribution in [0.1, 0.15) is 46.7 Å². The van der Waals surface area contributed by atoms with Gasteiger partial charge in [0.05, 0.1) is 11.3 Å². The van der Waals surface area contributed by atoms with Crippen molar-refractivity contribution in [2.45, 2.75) is 46.1 Å². The van der Waals surface area contributed by atoms with Crippen LogP contribution in [-0.2, 0) is 19.3 Å². The van der Waals surface area contributed by atoms with Crippen molar-refractivity contribution < 1.29 is 18.0 Å². The Morgan fingerprint density at radius 2 is 1.78 bits per heavy atom. The molecule has 1 N–H and O–H groups in total. The van der Waals surface area contributed by atoms with Gasteiger partial charge in [0, 0.05) is 19.1 Å². The molecule has 0 bridgehead atoms. The Hall–Kier alpha value is -2.41. The van der Waals surface area contributed by atoms with Crippen molar-refractivity contribution in [1.29, 1.82) is 0 Å². The van der Waals surface area contributed by atoms with Crippen molar-refractivity contribution in [3.8, 4) is 0 Å². The number of halogens is 3. The lowest BCUT2D eigenvalue weighted by atomic mass is 10.1. The summed E-state index contributed by atoms with van der Waals surface area (Å²) in [6.07, 6.45) is -4.53. The van der Waals surface area contributed by atoms with E-state index in [4.69, 9.17) is 0 Å². The first kappa shape index (κ1) is 20.9. The maximum atomic E-state index is 12.7. The van der Waals surface area contributed by atoms with Crippen LogP contribution in [0.4, 0.5) is 13.2 Å². The number of nitrogens with one attached hydrogen (secondary N) is 1. The summed E-state index contributed by atoms with van der Waals surface area (Å²) in [7, 11) is 2.03. The van der Waals surface area contributed by atoms with Gasteiger partial charge in [0.1, 0.15) is 5.69 Å². The SMILES string of the molecule is Cc1nc(C(F)(F)F)ccc1C(=O)NCc1ccccc1CN(C)C(C)C. The molecule has 0 fully saturated rings. The standard InChI is InChI=1S/C20H24F3N3O/c1-13(2)26(4)12-16-8-6-5-7-15(16)11-24-19(27)17-9-10-18(20(21,22)23)25-14(17)3/h5-10,13H,11-12H2,1-4H3,(H,24,27). The summed E-state index contributed by atoms with van der Waals surface area (Å²) in [5.41, 5.74) is 1.25. The van der Waals surface area contributed by atoms with Crippen molar-refractivity contribution in [2.24, 2.45) is 0 Å². The second-order valence-electron chi connectivity index (χ2n) is 6.79. The van der Waals surface area contributed by atoms with Crippen LogP contribution in [0.5, 0.6) is 0 Å². The highest BCUT2D eigenvalue weighted by Crippen LogP contribution is 2.28. The third-order valence-corrected chi connectivity index (χ3v) is 4.48. The summed E-state index contributed by atoms with van der Waals surface area (Å²) < 4.78 is 38.1. The number of amides is 1. The van der Waals surface area contributed by atoms with Crippen molar-refractivity contribution in [2.75, 3.05) is 7.05 Å². The Bertz CT molecular complexity index is 803. The van der Waals surface area contributed by atoms with Gasteiger partial charge < -0.3 is 5.32 Å². The predicted molar refractivity (Wildman–Crippen MR) is 98.2 cm³/mol. The van der Waals surface area contributed by atoms with Crippen LogP contribution in [0.15, 0.2) is 36.4 Å². The number of aryl methyl sites for hydroxylation is 1. The molecule has 0 saturated heterocycles. The Morgan fingerprint density at radius 1 is 1.15 bits per heavy atom. The second kappa shape index (κ2) is 8.52. The minimum absolute atomic E-state index is 0.0511. The summed E-state index contributed by atoms with van der Waals surface area (Å²) in [5.74, 6) is -0.444. The van der Waals surface area contributed by atoms with Gasteiger partial charge in [-0.1, -0.05) is 24.3 Å². The van der Waals surface area contributed by atoms with E-state index in [1.807, 2.05) is 31.3 Å². The number of nitrogens with zero attached hydrogens (tertiary/aromatic N) is 2. The first-order valence-corrected chi connectivity index (χ1v) is 8.69. The first-order valence-electron chi connectivity index (χ1n) is 8.69. The van der Waals surface area contributed by atoms with Crippen LogP contribution in [0.25, 0.3) is 0 Å². The van der Waals surface area contributed by atoms with Gasteiger partial charge >= 0.3 is 6.18 Å². The number of carbonyl (C=O) groups excluding carboxylic acids is 1. The molecule has 1 amide bonds. The van der Waals surface area contributed by atoms with Crippen molar-refractivity contribution in [3.63, 3.8) is 0 Å². The number of pyridine rings is 1. The first-order chi connectivity index (χ1) is 12.6. The number of hydrogen-bond donors (Lipinski definition) is 1. The molecule has 0 aliphatic heterocycles. The smallest absolute Gasteiger partial charge is 0.348 e. The second-order valence-corrected chi connectivity index (χ2v) is 6.79. The summed E-state index contributed by atoms with van der Waals surface area (Å²) in [6, 6.07) is 10.2. The van der Waals surface area contributed by atoms with Crippen LogP contribution >= 0.6 is 0 Å². The average Bonchev–Trinajstić information content (AvgIpc) is 2.59. The van der Waals surface area contributed by atoms with Crippen LogP contribution < -0.4 is 5.32 Å². The molecule has 146 valence electrons. The lowest BCUT2D eigenvalue weighted by molar-refractivity contribution is -0.141. The van der Waals surface area contributed by atoms with Crippen LogP contribution in [0, 0.1) is 6.92 Å². The molecule has 0 aliphatic carbocycles. The highest BCUT2D eigenvalue weighted by Gasteiger charge is 2.33. The molecule has 1 heterocycles. The third kappa shape index (κ3) is 5.53. The fourth-order valence-corrected chi connectivity index (χ4v) is 2.57. The van der Waals surface area contributed by atoms with E-state index in [0.29, 0.717) is 12.6 Å². The summed E-state index contributed by atoms with van der Waals surface area (Å²) >= 11 is 0. The van der Waals surface area contributed by atoms with Crippen molar-refractivity contribution in [3.05, 3.63) is 64.5 Å². The molecule has 0 atom stereocenters. The number of benzene rings is 1. The van der Waals surface area contributed by atoms with Gasteiger partial charge in [0.2, 0.25) is 0 Å². The van der Waals surface area contributed by atoms with E-state index in [2.05, 4.69) is 29.0 Å². The summed E-state index contributed by atoms with van der Waals surface area (Å²) in [5, 5.41) is 2.78. The summed E-state index contributed by atoms with van der Waals surface area (Å²) in [4.78, 5) is 18.1. The van der Waals surface area contributed by atoms with E-state index in [9.17, 15) is 18.0 Å². The van der Waals surface area contributed by atoms with Gasteiger partial charge in [-0.05, 0) is 51.1 Å². The topological polar surface area (TPSA) is 45.2 Å². The predicted octanol–water partition coefficient (Wildman–Crippen LogP) is 4.18. The Labute approximate surface area is 157 Å². The zero-order valence-corrected chi connectivity index (χ0v) is 15.9. The molecule has 0 unspecified atom stereocenters. The minimum atomic E-state index is -4.53. The normalized spacial score (nSPS) is 11.9. The lowest BCUT2D eigenvalue weighted by Crippen LogP contribution is -2.28. The largest absolute Gasteiger partial charge is 0.433 e. The molecule has 0 saturated carbocycles. The van der Waals surface area contributed by atoms with E-state index >= 15 is 0 Å². The maximum Gasteiger partial charge on any atom is 0.433 e. The zero-order chi connectivity index (χ0) is 20.2. The number of rotatable bonds is 6.